The van der Waals surface area contributed by atoms with Gasteiger partial charge in [0.05, 0.1) is 24.7 Å². The molecule has 0 spiro atoms. The van der Waals surface area contributed by atoms with Crippen molar-refractivity contribution in [1.82, 2.24) is 0 Å². The van der Waals surface area contributed by atoms with Crippen LogP contribution in [-0.2, 0) is 0 Å². The standard InChI is InChI=1S/C31H32N2O5/c1-3-5-8-18-36-27-10-7-6-9-24(27)29-25-16-15-23(19-28(25)38-30(33)26(29)20-32)37-31(34)21-11-13-22(14-12-21)35-17-4-2/h6-7,9-16,19,29H,3-5,8,17-18,33H2,1-2H3. The molecule has 3 aromatic carbocycles. The first-order valence-corrected chi connectivity index (χ1v) is 12.9. The quantitative estimate of drug-likeness (QED) is 0.178. The largest absolute Gasteiger partial charge is 0.494 e. The third-order valence-electron chi connectivity index (χ3n) is 6.20. The fourth-order valence-corrected chi connectivity index (χ4v) is 4.28. The Labute approximate surface area is 223 Å². The first-order chi connectivity index (χ1) is 18.5. The second-order valence-electron chi connectivity index (χ2n) is 8.98. The molecule has 0 fully saturated rings. The van der Waals surface area contributed by atoms with E-state index in [-0.39, 0.29) is 5.88 Å². The van der Waals surface area contributed by atoms with Gasteiger partial charge in [0.15, 0.2) is 0 Å². The monoisotopic (exact) mass is 512 g/mol. The number of para-hydroxylation sites is 1. The molecule has 2 N–H and O–H groups in total. The Hall–Kier alpha value is -4.44. The highest BCUT2D eigenvalue weighted by atomic mass is 16.5. The number of esters is 1. The summed E-state index contributed by atoms with van der Waals surface area (Å²) in [5, 5.41) is 9.94. The second kappa shape index (κ2) is 12.7. The van der Waals surface area contributed by atoms with Gasteiger partial charge in [-0.1, -0.05) is 51.0 Å². The van der Waals surface area contributed by atoms with Crippen molar-refractivity contribution in [3.05, 3.63) is 94.9 Å². The number of benzene rings is 3. The number of nitrogens with two attached hydrogens (primary N) is 1. The van der Waals surface area contributed by atoms with E-state index in [9.17, 15) is 10.1 Å². The lowest BCUT2D eigenvalue weighted by atomic mass is 9.83. The Morgan fingerprint density at radius 2 is 1.68 bits per heavy atom. The van der Waals surface area contributed by atoms with Crippen LogP contribution in [0.3, 0.4) is 0 Å². The number of hydrogen-bond acceptors (Lipinski definition) is 7. The molecule has 0 saturated carbocycles. The van der Waals surface area contributed by atoms with Gasteiger partial charge in [0.25, 0.3) is 0 Å². The van der Waals surface area contributed by atoms with Crippen LogP contribution in [0.1, 0.15) is 66.9 Å². The van der Waals surface area contributed by atoms with E-state index in [1.54, 1.807) is 42.5 Å². The molecule has 196 valence electrons. The first-order valence-electron chi connectivity index (χ1n) is 12.9. The molecular weight excluding hydrogens is 480 g/mol. The summed E-state index contributed by atoms with van der Waals surface area (Å²) >= 11 is 0. The van der Waals surface area contributed by atoms with Gasteiger partial charge in [-0.05, 0) is 49.2 Å². The molecule has 38 heavy (non-hydrogen) atoms. The maximum absolute atomic E-state index is 12.8. The maximum atomic E-state index is 12.8. The first kappa shape index (κ1) is 26.6. The number of unbranched alkanes of at least 4 members (excludes halogenated alkanes) is 2. The second-order valence-corrected chi connectivity index (χ2v) is 8.98. The Morgan fingerprint density at radius 3 is 2.42 bits per heavy atom. The smallest absolute Gasteiger partial charge is 0.343 e. The highest BCUT2D eigenvalue weighted by Gasteiger charge is 2.33. The Balaban J connectivity index is 1.59. The van der Waals surface area contributed by atoms with Gasteiger partial charge in [-0.3, -0.25) is 0 Å². The summed E-state index contributed by atoms with van der Waals surface area (Å²) in [5.41, 5.74) is 8.44. The SMILES string of the molecule is CCCCCOc1ccccc1C1C(C#N)=C(N)Oc2cc(OC(=O)c3ccc(OCCC)cc3)ccc21. The zero-order valence-electron chi connectivity index (χ0n) is 21.7. The highest BCUT2D eigenvalue weighted by molar-refractivity contribution is 5.91. The fraction of sp³-hybridized carbons (Fsp3) is 0.290. The van der Waals surface area contributed by atoms with E-state index in [1.165, 1.54) is 0 Å². The number of rotatable bonds is 11. The van der Waals surface area contributed by atoms with Gasteiger partial charge in [0, 0.05) is 17.2 Å². The van der Waals surface area contributed by atoms with E-state index < -0.39 is 11.9 Å². The van der Waals surface area contributed by atoms with Gasteiger partial charge in [0.1, 0.15) is 34.6 Å². The van der Waals surface area contributed by atoms with Gasteiger partial charge < -0.3 is 24.7 Å². The van der Waals surface area contributed by atoms with Crippen molar-refractivity contribution in [2.75, 3.05) is 13.2 Å². The molecule has 0 amide bonds. The van der Waals surface area contributed by atoms with Crippen molar-refractivity contribution in [3.8, 4) is 29.1 Å². The number of carbonyl (C=O) groups is 1. The van der Waals surface area contributed by atoms with Crippen molar-refractivity contribution >= 4 is 5.97 Å². The third-order valence-corrected chi connectivity index (χ3v) is 6.20. The van der Waals surface area contributed by atoms with Crippen LogP contribution < -0.4 is 24.7 Å². The molecule has 0 aromatic heterocycles. The number of ether oxygens (including phenoxy) is 4. The molecule has 1 heterocycles. The van der Waals surface area contributed by atoms with Crippen molar-refractivity contribution in [1.29, 1.82) is 5.26 Å². The molecule has 0 saturated heterocycles. The molecule has 7 nitrogen and oxygen atoms in total. The average molecular weight is 513 g/mol. The van der Waals surface area contributed by atoms with Gasteiger partial charge >= 0.3 is 5.97 Å². The summed E-state index contributed by atoms with van der Waals surface area (Å²) < 4.78 is 23.1. The van der Waals surface area contributed by atoms with Crippen molar-refractivity contribution in [2.24, 2.45) is 5.73 Å². The normalized spacial score (nSPS) is 14.2. The van der Waals surface area contributed by atoms with E-state index in [2.05, 4.69) is 13.0 Å². The molecule has 0 radical (unpaired) electrons. The van der Waals surface area contributed by atoms with E-state index in [1.807, 2.05) is 31.2 Å². The molecule has 1 aliphatic rings. The van der Waals surface area contributed by atoms with Gasteiger partial charge in [0.2, 0.25) is 5.88 Å². The fourth-order valence-electron chi connectivity index (χ4n) is 4.28. The molecule has 0 aliphatic carbocycles. The van der Waals surface area contributed by atoms with Gasteiger partial charge in [-0.25, -0.2) is 4.79 Å². The summed E-state index contributed by atoms with van der Waals surface area (Å²) in [6.45, 7) is 5.37. The minimum atomic E-state index is -0.508. The van der Waals surface area contributed by atoms with Crippen LogP contribution >= 0.6 is 0 Å². The van der Waals surface area contributed by atoms with Crippen LogP contribution in [-0.4, -0.2) is 19.2 Å². The van der Waals surface area contributed by atoms with Gasteiger partial charge in [-0.15, -0.1) is 0 Å². The molecule has 1 aliphatic heterocycles. The summed E-state index contributed by atoms with van der Waals surface area (Å²) in [6, 6.07) is 21.8. The maximum Gasteiger partial charge on any atom is 0.343 e. The van der Waals surface area contributed by atoms with Gasteiger partial charge in [-0.2, -0.15) is 5.26 Å². The molecule has 3 aromatic rings. The highest BCUT2D eigenvalue weighted by Crippen LogP contribution is 2.46. The predicted octanol–water partition coefficient (Wildman–Crippen LogP) is 6.48. The lowest BCUT2D eigenvalue weighted by molar-refractivity contribution is 0.0734. The zero-order chi connectivity index (χ0) is 26.9. The number of nitrogens with zero attached hydrogens (tertiary/aromatic N) is 1. The lowest BCUT2D eigenvalue weighted by Gasteiger charge is -2.28. The zero-order valence-corrected chi connectivity index (χ0v) is 21.7. The predicted molar refractivity (Wildman–Crippen MR) is 144 cm³/mol. The van der Waals surface area contributed by atoms with Crippen molar-refractivity contribution in [3.63, 3.8) is 0 Å². The summed E-state index contributed by atoms with van der Waals surface area (Å²) in [5.74, 6) is 1.14. The number of nitriles is 1. The Bertz CT molecular complexity index is 1340. The molecule has 0 bridgehead atoms. The Morgan fingerprint density at radius 1 is 0.921 bits per heavy atom. The van der Waals surface area contributed by atoms with Crippen molar-refractivity contribution in [2.45, 2.75) is 45.4 Å². The Kier molecular flexibility index (Phi) is 8.89. The van der Waals surface area contributed by atoms with E-state index >= 15 is 0 Å². The van der Waals surface area contributed by atoms with Crippen LogP contribution in [0.25, 0.3) is 0 Å². The van der Waals surface area contributed by atoms with Crippen LogP contribution in [0, 0.1) is 11.3 Å². The average Bonchev–Trinajstić information content (AvgIpc) is 2.94. The summed E-state index contributed by atoms with van der Waals surface area (Å²) in [6.07, 6.45) is 4.03. The van der Waals surface area contributed by atoms with E-state index in [0.717, 1.165) is 36.8 Å². The molecule has 7 heteroatoms. The summed E-state index contributed by atoms with van der Waals surface area (Å²) in [4.78, 5) is 12.8. The molecule has 4 rings (SSSR count). The minimum Gasteiger partial charge on any atom is -0.494 e. The van der Waals surface area contributed by atoms with Crippen LogP contribution in [0.4, 0.5) is 0 Å². The van der Waals surface area contributed by atoms with Crippen LogP contribution in [0.5, 0.6) is 23.0 Å². The molecule has 1 atom stereocenters. The third kappa shape index (κ3) is 6.09. The molecular formula is C31H32N2O5. The summed E-state index contributed by atoms with van der Waals surface area (Å²) in [7, 11) is 0. The van der Waals surface area contributed by atoms with Crippen molar-refractivity contribution < 1.29 is 23.7 Å². The number of fused-ring (bicyclic) bond motifs is 1. The number of carbonyl (C=O) groups excluding carboxylic acids is 1. The van der Waals surface area contributed by atoms with Crippen LogP contribution in [0.15, 0.2) is 78.2 Å². The number of allylic oxidation sites excluding steroid dienone is 1. The molecule has 1 unspecified atom stereocenters. The number of hydrogen-bond donors (Lipinski definition) is 1. The topological polar surface area (TPSA) is 104 Å². The van der Waals surface area contributed by atoms with E-state index in [4.69, 9.17) is 24.7 Å². The minimum absolute atomic E-state index is 0.0110. The van der Waals surface area contributed by atoms with E-state index in [0.29, 0.717) is 47.3 Å². The van der Waals surface area contributed by atoms with Crippen LogP contribution in [0.2, 0.25) is 0 Å². The lowest BCUT2D eigenvalue weighted by Crippen LogP contribution is -2.21.